The number of ether oxygens (including phenoxy) is 2. The second kappa shape index (κ2) is 7.05. The Kier molecular flexibility index (Phi) is 4.60. The quantitative estimate of drug-likeness (QED) is 0.653. The van der Waals surface area contributed by atoms with Crippen LogP contribution in [-0.4, -0.2) is 27.0 Å². The van der Waals surface area contributed by atoms with E-state index < -0.39 is 0 Å². The van der Waals surface area contributed by atoms with Crippen molar-refractivity contribution in [1.82, 2.24) is 20.2 Å². The Morgan fingerprint density at radius 1 is 1.23 bits per heavy atom. The van der Waals surface area contributed by atoms with Crippen molar-refractivity contribution < 1.29 is 13.9 Å². The fraction of sp³-hybridized carbons (Fsp3) is 0.278. The number of rotatable bonds is 4. The zero-order valence-electron chi connectivity index (χ0n) is 14.4. The Hall–Kier alpha value is -2.45. The van der Waals surface area contributed by atoms with E-state index in [1.807, 2.05) is 32.0 Å². The largest absolute Gasteiger partial charge is 0.467 e. The molecule has 0 bridgehead atoms. The average molecular weight is 372 g/mol. The molecule has 0 amide bonds. The summed E-state index contributed by atoms with van der Waals surface area (Å²) >= 11 is 1.44. The van der Waals surface area contributed by atoms with Crippen LogP contribution in [0.4, 0.5) is 4.39 Å². The van der Waals surface area contributed by atoms with Gasteiger partial charge < -0.3 is 9.47 Å². The first-order chi connectivity index (χ1) is 12.6. The highest BCUT2D eigenvalue weighted by molar-refractivity contribution is 7.98. The highest BCUT2D eigenvalue weighted by Gasteiger charge is 2.19. The summed E-state index contributed by atoms with van der Waals surface area (Å²) < 4.78 is 26.4. The monoisotopic (exact) mass is 372 g/mol. The maximum absolute atomic E-state index is 13.9. The predicted molar refractivity (Wildman–Crippen MR) is 94.9 cm³/mol. The van der Waals surface area contributed by atoms with Gasteiger partial charge in [-0.05, 0) is 47.5 Å². The van der Waals surface area contributed by atoms with Crippen LogP contribution in [0.3, 0.4) is 0 Å². The van der Waals surface area contributed by atoms with Crippen molar-refractivity contribution in [1.29, 1.82) is 0 Å². The van der Waals surface area contributed by atoms with E-state index in [1.54, 1.807) is 4.68 Å². The fourth-order valence-corrected chi connectivity index (χ4v) is 3.90. The van der Waals surface area contributed by atoms with Gasteiger partial charge in [0.25, 0.3) is 0 Å². The minimum absolute atomic E-state index is 0.177. The molecule has 0 unspecified atom stereocenters. The summed E-state index contributed by atoms with van der Waals surface area (Å²) in [5, 5.41) is 12.7. The number of aromatic nitrogens is 4. The van der Waals surface area contributed by atoms with Crippen LogP contribution in [0.2, 0.25) is 0 Å². The van der Waals surface area contributed by atoms with E-state index in [-0.39, 0.29) is 12.6 Å². The number of fused-ring (bicyclic) bond motifs is 1. The number of thioether (sulfide) groups is 1. The van der Waals surface area contributed by atoms with Crippen molar-refractivity contribution in [3.63, 3.8) is 0 Å². The lowest BCUT2D eigenvalue weighted by molar-refractivity contribution is -0.0171. The number of aryl methyl sites for hydroxylation is 2. The Bertz CT molecular complexity index is 940. The lowest BCUT2D eigenvalue weighted by atomic mass is 10.1. The zero-order chi connectivity index (χ0) is 18.1. The third kappa shape index (κ3) is 3.17. The number of hydrogen-bond donors (Lipinski definition) is 0. The molecule has 0 saturated carbocycles. The molecule has 6 nitrogen and oxygen atoms in total. The Labute approximate surface area is 154 Å². The van der Waals surface area contributed by atoms with Gasteiger partial charge in [0.2, 0.25) is 5.16 Å². The third-order valence-electron chi connectivity index (χ3n) is 4.20. The van der Waals surface area contributed by atoms with Crippen molar-refractivity contribution in [3.05, 3.63) is 58.4 Å². The second-order valence-corrected chi connectivity index (χ2v) is 7.01. The molecule has 2 aromatic carbocycles. The van der Waals surface area contributed by atoms with E-state index in [0.29, 0.717) is 23.3 Å². The normalized spacial score (nSPS) is 13.3. The number of para-hydroxylation sites is 1. The van der Waals surface area contributed by atoms with E-state index in [4.69, 9.17) is 9.47 Å². The van der Waals surface area contributed by atoms with Crippen LogP contribution < -0.4 is 4.74 Å². The number of benzene rings is 2. The van der Waals surface area contributed by atoms with Crippen LogP contribution >= 0.6 is 11.8 Å². The first kappa shape index (κ1) is 17.0. The summed E-state index contributed by atoms with van der Waals surface area (Å²) in [5.74, 6) is 0.879. The molecule has 1 aromatic heterocycles. The molecule has 1 aliphatic heterocycles. The minimum atomic E-state index is -0.303. The summed E-state index contributed by atoms with van der Waals surface area (Å²) in [7, 11) is 0. The molecular formula is C18H17FN4O2S. The number of tetrazole rings is 1. The molecule has 0 spiro atoms. The molecule has 0 saturated heterocycles. The van der Waals surface area contributed by atoms with Crippen LogP contribution in [0.5, 0.6) is 5.75 Å². The van der Waals surface area contributed by atoms with Crippen LogP contribution in [0.25, 0.3) is 5.69 Å². The van der Waals surface area contributed by atoms with Gasteiger partial charge in [-0.1, -0.05) is 30.0 Å². The molecule has 2 heterocycles. The van der Waals surface area contributed by atoms with Crippen molar-refractivity contribution in [2.24, 2.45) is 0 Å². The first-order valence-electron chi connectivity index (χ1n) is 8.13. The third-order valence-corrected chi connectivity index (χ3v) is 5.17. The molecule has 8 heteroatoms. The maximum atomic E-state index is 13.9. The number of hydrogen-bond acceptors (Lipinski definition) is 6. The molecular weight excluding hydrogens is 355 g/mol. The standard InChI is InChI=1S/C18H17FN4O2S/c1-11-4-3-5-12(2)16(11)23-18(20-21-22-23)26-9-14-7-15(19)6-13-8-24-10-25-17(13)14/h3-7H,8-10H2,1-2H3. The lowest BCUT2D eigenvalue weighted by Crippen LogP contribution is -2.13. The van der Waals surface area contributed by atoms with Gasteiger partial charge >= 0.3 is 0 Å². The molecule has 0 N–H and O–H groups in total. The number of halogens is 1. The summed E-state index contributed by atoms with van der Waals surface area (Å²) in [6, 6.07) is 8.99. The Morgan fingerprint density at radius 2 is 2.04 bits per heavy atom. The first-order valence-corrected chi connectivity index (χ1v) is 9.11. The molecule has 0 atom stereocenters. The summed E-state index contributed by atoms with van der Waals surface area (Å²) in [6.07, 6.45) is 0. The van der Waals surface area contributed by atoms with Gasteiger partial charge in [-0.2, -0.15) is 4.68 Å². The van der Waals surface area contributed by atoms with Crippen LogP contribution in [0.15, 0.2) is 35.5 Å². The van der Waals surface area contributed by atoms with Gasteiger partial charge in [0.1, 0.15) is 11.6 Å². The topological polar surface area (TPSA) is 62.1 Å². The zero-order valence-corrected chi connectivity index (χ0v) is 15.2. The molecule has 0 fully saturated rings. The maximum Gasteiger partial charge on any atom is 0.214 e. The van der Waals surface area contributed by atoms with Crippen molar-refractivity contribution in [2.45, 2.75) is 31.4 Å². The van der Waals surface area contributed by atoms with Gasteiger partial charge in [0, 0.05) is 16.9 Å². The van der Waals surface area contributed by atoms with Crippen LogP contribution in [0.1, 0.15) is 22.3 Å². The van der Waals surface area contributed by atoms with Crippen LogP contribution in [0, 0.1) is 19.7 Å². The van der Waals surface area contributed by atoms with Gasteiger partial charge in [-0.15, -0.1) is 5.10 Å². The average Bonchev–Trinajstić information content (AvgIpc) is 3.07. The Morgan fingerprint density at radius 3 is 2.85 bits per heavy atom. The molecule has 3 aromatic rings. The van der Waals surface area contributed by atoms with Crippen molar-refractivity contribution >= 4 is 11.8 Å². The number of nitrogens with zero attached hydrogens (tertiary/aromatic N) is 4. The molecule has 134 valence electrons. The highest BCUT2D eigenvalue weighted by atomic mass is 32.2. The fourth-order valence-electron chi connectivity index (χ4n) is 3.06. The molecule has 0 aliphatic carbocycles. The van der Waals surface area contributed by atoms with Crippen molar-refractivity contribution in [2.75, 3.05) is 6.79 Å². The van der Waals surface area contributed by atoms with E-state index in [0.717, 1.165) is 27.9 Å². The lowest BCUT2D eigenvalue weighted by Gasteiger charge is -2.20. The van der Waals surface area contributed by atoms with Gasteiger partial charge in [0.15, 0.2) is 6.79 Å². The summed E-state index contributed by atoms with van der Waals surface area (Å²) in [5.41, 5.74) is 4.63. The minimum Gasteiger partial charge on any atom is -0.467 e. The smallest absolute Gasteiger partial charge is 0.214 e. The van der Waals surface area contributed by atoms with Crippen molar-refractivity contribution in [3.8, 4) is 11.4 Å². The molecule has 26 heavy (non-hydrogen) atoms. The van der Waals surface area contributed by atoms with Crippen LogP contribution in [-0.2, 0) is 17.1 Å². The van der Waals surface area contributed by atoms with E-state index in [9.17, 15) is 4.39 Å². The SMILES string of the molecule is Cc1cccc(C)c1-n1nnnc1SCc1cc(F)cc2c1OCOC2. The highest BCUT2D eigenvalue weighted by Crippen LogP contribution is 2.34. The summed E-state index contributed by atoms with van der Waals surface area (Å²) in [4.78, 5) is 0. The molecule has 4 rings (SSSR count). The van der Waals surface area contributed by atoms with E-state index >= 15 is 0 Å². The van der Waals surface area contributed by atoms with E-state index in [2.05, 4.69) is 15.5 Å². The predicted octanol–water partition coefficient (Wildman–Crippen LogP) is 3.58. The van der Waals surface area contributed by atoms with Gasteiger partial charge in [-0.25, -0.2) is 4.39 Å². The Balaban J connectivity index is 1.63. The summed E-state index contributed by atoms with van der Waals surface area (Å²) in [6.45, 7) is 4.58. The molecule has 1 aliphatic rings. The second-order valence-electron chi connectivity index (χ2n) is 6.07. The van der Waals surface area contributed by atoms with E-state index in [1.165, 1.54) is 23.9 Å². The molecule has 0 radical (unpaired) electrons. The van der Waals surface area contributed by atoms with Gasteiger partial charge in [-0.3, -0.25) is 0 Å². The van der Waals surface area contributed by atoms with Gasteiger partial charge in [0.05, 0.1) is 12.3 Å².